The van der Waals surface area contributed by atoms with E-state index >= 15 is 0 Å². The van der Waals surface area contributed by atoms with Crippen molar-refractivity contribution in [2.24, 2.45) is 17.6 Å². The van der Waals surface area contributed by atoms with Gasteiger partial charge in [0.25, 0.3) is 0 Å². The Morgan fingerprint density at radius 3 is 2.59 bits per heavy atom. The molecule has 3 N–H and O–H groups in total. The van der Waals surface area contributed by atoms with E-state index in [9.17, 15) is 4.79 Å². The standard InChI is InChI=1S/C13H26N2O2/c1-9(2)15(6-7-16)13(17)11-4-5-12(14)10(3)8-11/h9-12,16H,4-8,14H2,1-3H3. The van der Waals surface area contributed by atoms with E-state index in [2.05, 4.69) is 6.92 Å². The molecule has 0 saturated heterocycles. The number of rotatable bonds is 4. The third-order valence-electron chi connectivity index (χ3n) is 3.83. The first-order chi connectivity index (χ1) is 7.97. The summed E-state index contributed by atoms with van der Waals surface area (Å²) in [5, 5.41) is 9.01. The highest BCUT2D eigenvalue weighted by atomic mass is 16.3. The third-order valence-corrected chi connectivity index (χ3v) is 3.83. The topological polar surface area (TPSA) is 66.6 Å². The number of amides is 1. The molecule has 1 aliphatic carbocycles. The maximum Gasteiger partial charge on any atom is 0.226 e. The van der Waals surface area contributed by atoms with E-state index in [4.69, 9.17) is 10.8 Å². The molecule has 0 radical (unpaired) electrons. The van der Waals surface area contributed by atoms with Crippen LogP contribution in [0.1, 0.15) is 40.0 Å². The van der Waals surface area contributed by atoms with E-state index < -0.39 is 0 Å². The zero-order chi connectivity index (χ0) is 13.0. The Hall–Kier alpha value is -0.610. The summed E-state index contributed by atoms with van der Waals surface area (Å²) < 4.78 is 0. The Labute approximate surface area is 104 Å². The number of carbonyl (C=O) groups is 1. The van der Waals surface area contributed by atoms with Crippen LogP contribution in [0, 0.1) is 11.8 Å². The lowest BCUT2D eigenvalue weighted by Crippen LogP contribution is -2.46. The number of hydrogen-bond donors (Lipinski definition) is 2. The molecule has 0 aromatic carbocycles. The monoisotopic (exact) mass is 242 g/mol. The Morgan fingerprint density at radius 1 is 1.47 bits per heavy atom. The average Bonchev–Trinajstić information content (AvgIpc) is 2.28. The van der Waals surface area contributed by atoms with Gasteiger partial charge in [0.1, 0.15) is 0 Å². The van der Waals surface area contributed by atoms with Crippen molar-refractivity contribution in [3.63, 3.8) is 0 Å². The quantitative estimate of drug-likeness (QED) is 0.772. The molecule has 0 bridgehead atoms. The number of hydrogen-bond acceptors (Lipinski definition) is 3. The smallest absolute Gasteiger partial charge is 0.226 e. The molecule has 17 heavy (non-hydrogen) atoms. The van der Waals surface area contributed by atoms with Gasteiger partial charge in [0.2, 0.25) is 5.91 Å². The molecule has 1 fully saturated rings. The molecule has 4 heteroatoms. The van der Waals surface area contributed by atoms with Crippen molar-refractivity contribution in [3.05, 3.63) is 0 Å². The number of aliphatic hydroxyl groups is 1. The van der Waals surface area contributed by atoms with Crippen molar-refractivity contribution in [1.29, 1.82) is 0 Å². The van der Waals surface area contributed by atoms with Crippen molar-refractivity contribution in [2.45, 2.75) is 52.1 Å². The van der Waals surface area contributed by atoms with E-state index in [1.54, 1.807) is 4.90 Å². The predicted octanol–water partition coefficient (Wildman–Crippen LogP) is 0.979. The number of nitrogens with two attached hydrogens (primary N) is 1. The van der Waals surface area contributed by atoms with Gasteiger partial charge in [0, 0.05) is 24.5 Å². The van der Waals surface area contributed by atoms with Crippen molar-refractivity contribution in [3.8, 4) is 0 Å². The van der Waals surface area contributed by atoms with Gasteiger partial charge in [-0.25, -0.2) is 0 Å². The Kier molecular flexibility index (Phi) is 5.40. The number of nitrogens with zero attached hydrogens (tertiary/aromatic N) is 1. The molecule has 1 saturated carbocycles. The minimum atomic E-state index is 0.0334. The maximum atomic E-state index is 12.4. The van der Waals surface area contributed by atoms with Gasteiger partial charge in [-0.1, -0.05) is 6.92 Å². The molecule has 1 rings (SSSR count). The maximum absolute atomic E-state index is 12.4. The summed E-state index contributed by atoms with van der Waals surface area (Å²) >= 11 is 0. The molecule has 3 unspecified atom stereocenters. The molecule has 100 valence electrons. The zero-order valence-corrected chi connectivity index (χ0v) is 11.2. The van der Waals surface area contributed by atoms with Gasteiger partial charge in [-0.15, -0.1) is 0 Å². The molecule has 0 spiro atoms. The second-order valence-corrected chi connectivity index (χ2v) is 5.50. The normalized spacial score (nSPS) is 29.4. The van der Waals surface area contributed by atoms with Gasteiger partial charge in [-0.05, 0) is 39.0 Å². The summed E-state index contributed by atoms with van der Waals surface area (Å²) in [5.41, 5.74) is 5.97. The van der Waals surface area contributed by atoms with Gasteiger partial charge in [-0.2, -0.15) is 0 Å². The summed E-state index contributed by atoms with van der Waals surface area (Å²) in [5.74, 6) is 0.701. The Balaban J connectivity index is 2.61. The van der Waals surface area contributed by atoms with Crippen LogP contribution in [0.25, 0.3) is 0 Å². The van der Waals surface area contributed by atoms with E-state index in [0.29, 0.717) is 12.5 Å². The van der Waals surface area contributed by atoms with Gasteiger partial charge in [0.05, 0.1) is 6.61 Å². The molecular formula is C13H26N2O2. The summed E-state index contributed by atoms with van der Waals surface area (Å²) in [4.78, 5) is 14.1. The molecule has 0 aliphatic heterocycles. The molecular weight excluding hydrogens is 216 g/mol. The molecule has 0 heterocycles. The van der Waals surface area contributed by atoms with Crippen LogP contribution in [0.5, 0.6) is 0 Å². The van der Waals surface area contributed by atoms with Crippen LogP contribution in [-0.4, -0.2) is 41.1 Å². The van der Waals surface area contributed by atoms with Crippen LogP contribution < -0.4 is 5.73 Å². The zero-order valence-electron chi connectivity index (χ0n) is 11.2. The summed E-state index contributed by atoms with van der Waals surface area (Å²) in [6.45, 7) is 6.58. The molecule has 3 atom stereocenters. The second-order valence-electron chi connectivity index (χ2n) is 5.50. The molecule has 1 aliphatic rings. The lowest BCUT2D eigenvalue weighted by Gasteiger charge is -2.35. The van der Waals surface area contributed by atoms with E-state index in [0.717, 1.165) is 19.3 Å². The van der Waals surface area contributed by atoms with Crippen LogP contribution in [0.2, 0.25) is 0 Å². The first kappa shape index (κ1) is 14.5. The van der Waals surface area contributed by atoms with Crippen molar-refractivity contribution in [2.75, 3.05) is 13.2 Å². The minimum Gasteiger partial charge on any atom is -0.395 e. The van der Waals surface area contributed by atoms with Crippen LogP contribution in [0.15, 0.2) is 0 Å². The van der Waals surface area contributed by atoms with Gasteiger partial charge < -0.3 is 15.7 Å². The molecule has 0 aromatic rings. The van der Waals surface area contributed by atoms with Gasteiger partial charge >= 0.3 is 0 Å². The average molecular weight is 242 g/mol. The minimum absolute atomic E-state index is 0.0334. The summed E-state index contributed by atoms with van der Waals surface area (Å²) in [6, 6.07) is 0.393. The lowest BCUT2D eigenvalue weighted by molar-refractivity contribution is -0.139. The van der Waals surface area contributed by atoms with Crippen LogP contribution >= 0.6 is 0 Å². The van der Waals surface area contributed by atoms with Crippen LogP contribution in [0.3, 0.4) is 0 Å². The molecule has 4 nitrogen and oxygen atoms in total. The number of carbonyl (C=O) groups excluding carboxylic acids is 1. The van der Waals surface area contributed by atoms with E-state index in [-0.39, 0.29) is 30.5 Å². The van der Waals surface area contributed by atoms with Crippen LogP contribution in [-0.2, 0) is 4.79 Å². The highest BCUT2D eigenvalue weighted by Gasteiger charge is 2.32. The Morgan fingerprint density at radius 2 is 2.12 bits per heavy atom. The van der Waals surface area contributed by atoms with Gasteiger partial charge in [0.15, 0.2) is 0 Å². The first-order valence-corrected chi connectivity index (χ1v) is 6.64. The van der Waals surface area contributed by atoms with Crippen molar-refractivity contribution < 1.29 is 9.90 Å². The lowest BCUT2D eigenvalue weighted by atomic mass is 9.78. The van der Waals surface area contributed by atoms with Gasteiger partial charge in [-0.3, -0.25) is 4.79 Å². The highest BCUT2D eigenvalue weighted by Crippen LogP contribution is 2.29. The van der Waals surface area contributed by atoms with Crippen molar-refractivity contribution >= 4 is 5.91 Å². The van der Waals surface area contributed by atoms with Crippen LogP contribution in [0.4, 0.5) is 0 Å². The largest absolute Gasteiger partial charge is 0.395 e. The first-order valence-electron chi connectivity index (χ1n) is 6.64. The molecule has 1 amide bonds. The van der Waals surface area contributed by atoms with E-state index in [1.165, 1.54) is 0 Å². The van der Waals surface area contributed by atoms with E-state index in [1.807, 2.05) is 13.8 Å². The Bertz CT molecular complexity index is 256. The predicted molar refractivity (Wildman–Crippen MR) is 68.4 cm³/mol. The third kappa shape index (κ3) is 3.68. The summed E-state index contributed by atoms with van der Waals surface area (Å²) in [6.07, 6.45) is 2.70. The number of aliphatic hydroxyl groups excluding tert-OH is 1. The van der Waals surface area contributed by atoms with Crippen molar-refractivity contribution in [1.82, 2.24) is 4.90 Å². The highest BCUT2D eigenvalue weighted by molar-refractivity contribution is 5.79. The fraction of sp³-hybridized carbons (Fsp3) is 0.923. The fourth-order valence-corrected chi connectivity index (χ4v) is 2.61. The molecule has 0 aromatic heterocycles. The SMILES string of the molecule is CC1CC(C(=O)N(CCO)C(C)C)CCC1N. The fourth-order valence-electron chi connectivity index (χ4n) is 2.61. The summed E-state index contributed by atoms with van der Waals surface area (Å²) in [7, 11) is 0. The second kappa shape index (κ2) is 6.36.